The highest BCUT2D eigenvalue weighted by Crippen LogP contribution is 2.25. The topological polar surface area (TPSA) is 79.2 Å². The zero-order valence-corrected chi connectivity index (χ0v) is 12.2. The van der Waals surface area contributed by atoms with Crippen molar-refractivity contribution in [1.82, 2.24) is 0 Å². The Balaban J connectivity index is 1.88. The first-order chi connectivity index (χ1) is 10.1. The van der Waals surface area contributed by atoms with Gasteiger partial charge in [0.2, 0.25) is 0 Å². The first kappa shape index (κ1) is 15.3. The summed E-state index contributed by atoms with van der Waals surface area (Å²) in [5.41, 5.74) is 0.613. The third-order valence-corrected chi connectivity index (χ3v) is 3.65. The molecule has 0 aromatic heterocycles. The van der Waals surface area contributed by atoms with Crippen molar-refractivity contribution in [2.75, 3.05) is 11.9 Å². The largest absolute Gasteiger partial charge is 0.455 e. The third-order valence-electron chi connectivity index (χ3n) is 3.41. The molecule has 1 aromatic rings. The van der Waals surface area contributed by atoms with E-state index in [9.17, 15) is 9.59 Å². The molecule has 1 aromatic carbocycles. The minimum atomic E-state index is -0.486. The van der Waals surface area contributed by atoms with Crippen molar-refractivity contribution < 1.29 is 14.3 Å². The van der Waals surface area contributed by atoms with Crippen molar-refractivity contribution in [3.05, 3.63) is 28.8 Å². The van der Waals surface area contributed by atoms with Crippen LogP contribution < -0.4 is 5.32 Å². The van der Waals surface area contributed by atoms with Crippen molar-refractivity contribution in [1.29, 1.82) is 5.26 Å². The molecule has 0 saturated heterocycles. The molecule has 0 heterocycles. The molecule has 21 heavy (non-hydrogen) atoms. The van der Waals surface area contributed by atoms with Gasteiger partial charge in [-0.1, -0.05) is 24.4 Å². The maximum Gasteiger partial charge on any atom is 0.309 e. The number of anilines is 1. The summed E-state index contributed by atoms with van der Waals surface area (Å²) in [7, 11) is 0. The summed E-state index contributed by atoms with van der Waals surface area (Å²) in [5.74, 6) is -0.895. The van der Waals surface area contributed by atoms with Crippen LogP contribution in [0.5, 0.6) is 0 Å². The third kappa shape index (κ3) is 4.20. The second-order valence-electron chi connectivity index (χ2n) is 4.94. The van der Waals surface area contributed by atoms with E-state index in [0.29, 0.717) is 16.3 Å². The second kappa shape index (κ2) is 7.09. The number of nitrogens with one attached hydrogen (secondary N) is 1. The quantitative estimate of drug-likeness (QED) is 0.867. The van der Waals surface area contributed by atoms with E-state index in [1.165, 1.54) is 12.1 Å². The van der Waals surface area contributed by atoms with Gasteiger partial charge in [0.25, 0.3) is 5.91 Å². The van der Waals surface area contributed by atoms with Gasteiger partial charge in [-0.2, -0.15) is 5.26 Å². The van der Waals surface area contributed by atoms with E-state index in [0.717, 1.165) is 25.7 Å². The summed E-state index contributed by atoms with van der Waals surface area (Å²) < 4.78 is 5.00. The number of amides is 1. The van der Waals surface area contributed by atoms with Crippen LogP contribution in [0.4, 0.5) is 5.69 Å². The molecule has 2 rings (SSSR count). The average molecular weight is 307 g/mol. The first-order valence-electron chi connectivity index (χ1n) is 6.76. The Morgan fingerprint density at radius 2 is 2.10 bits per heavy atom. The van der Waals surface area contributed by atoms with E-state index in [4.69, 9.17) is 21.6 Å². The lowest BCUT2D eigenvalue weighted by Crippen LogP contribution is -2.24. The Kier molecular flexibility index (Phi) is 5.18. The monoisotopic (exact) mass is 306 g/mol. The zero-order chi connectivity index (χ0) is 15.2. The van der Waals surface area contributed by atoms with Crippen molar-refractivity contribution in [3.8, 4) is 6.07 Å². The van der Waals surface area contributed by atoms with Crippen molar-refractivity contribution in [2.24, 2.45) is 5.92 Å². The predicted molar refractivity (Wildman–Crippen MR) is 77.7 cm³/mol. The molecule has 5 nitrogen and oxygen atoms in total. The maximum atomic E-state index is 11.8. The molecule has 1 N–H and O–H groups in total. The van der Waals surface area contributed by atoms with E-state index in [1.807, 2.05) is 6.07 Å². The molecule has 1 aliphatic carbocycles. The van der Waals surface area contributed by atoms with E-state index < -0.39 is 5.91 Å². The number of rotatable bonds is 4. The number of hydrogen-bond donors (Lipinski definition) is 1. The summed E-state index contributed by atoms with van der Waals surface area (Å²) in [4.78, 5) is 23.5. The van der Waals surface area contributed by atoms with Gasteiger partial charge in [-0.3, -0.25) is 9.59 Å². The minimum Gasteiger partial charge on any atom is -0.455 e. The number of carbonyl (C=O) groups excluding carboxylic acids is 2. The SMILES string of the molecule is N#Cc1ccc(Cl)cc1NC(=O)COC(=O)C1CCCC1. The molecule has 0 bridgehead atoms. The van der Waals surface area contributed by atoms with Crippen molar-refractivity contribution in [2.45, 2.75) is 25.7 Å². The molecule has 1 fully saturated rings. The Labute approximate surface area is 127 Å². The molecule has 0 radical (unpaired) electrons. The van der Waals surface area contributed by atoms with Gasteiger partial charge in [-0.05, 0) is 31.0 Å². The lowest BCUT2D eigenvalue weighted by atomic mass is 10.1. The molecule has 0 unspecified atom stereocenters. The Bertz CT molecular complexity index is 589. The normalized spacial score (nSPS) is 14.5. The number of carbonyl (C=O) groups is 2. The van der Waals surface area contributed by atoms with Gasteiger partial charge < -0.3 is 10.1 Å². The molecule has 0 aliphatic heterocycles. The van der Waals surface area contributed by atoms with Gasteiger partial charge in [0.05, 0.1) is 17.2 Å². The van der Waals surface area contributed by atoms with Crippen LogP contribution in [0.3, 0.4) is 0 Å². The van der Waals surface area contributed by atoms with Crippen LogP contribution in [0.2, 0.25) is 5.02 Å². The molecule has 6 heteroatoms. The molecule has 0 atom stereocenters. The highest BCUT2D eigenvalue weighted by Gasteiger charge is 2.24. The summed E-state index contributed by atoms with van der Waals surface area (Å²) >= 11 is 5.82. The van der Waals surface area contributed by atoms with Crippen LogP contribution in [0.1, 0.15) is 31.2 Å². The summed E-state index contributed by atoms with van der Waals surface area (Å²) in [5, 5.41) is 11.9. The van der Waals surface area contributed by atoms with Gasteiger partial charge in [0.15, 0.2) is 6.61 Å². The van der Waals surface area contributed by atoms with Gasteiger partial charge in [-0.15, -0.1) is 0 Å². The summed E-state index contributed by atoms with van der Waals surface area (Å²) in [6.45, 7) is -0.354. The van der Waals surface area contributed by atoms with Crippen LogP contribution in [0, 0.1) is 17.2 Å². The van der Waals surface area contributed by atoms with E-state index in [1.54, 1.807) is 6.07 Å². The number of benzene rings is 1. The summed E-state index contributed by atoms with van der Waals surface area (Å²) in [6, 6.07) is 6.52. The number of esters is 1. The molecule has 1 amide bonds. The van der Waals surface area contributed by atoms with E-state index >= 15 is 0 Å². The summed E-state index contributed by atoms with van der Waals surface area (Å²) in [6.07, 6.45) is 3.71. The molecular weight excluding hydrogens is 292 g/mol. The number of hydrogen-bond acceptors (Lipinski definition) is 4. The minimum absolute atomic E-state index is 0.0846. The van der Waals surface area contributed by atoms with Gasteiger partial charge >= 0.3 is 5.97 Å². The zero-order valence-electron chi connectivity index (χ0n) is 11.4. The fraction of sp³-hybridized carbons (Fsp3) is 0.400. The van der Waals surface area contributed by atoms with Crippen LogP contribution in [-0.4, -0.2) is 18.5 Å². The number of nitrogens with zero attached hydrogens (tertiary/aromatic N) is 1. The van der Waals surface area contributed by atoms with Crippen molar-refractivity contribution in [3.63, 3.8) is 0 Å². The van der Waals surface area contributed by atoms with Crippen LogP contribution in [-0.2, 0) is 14.3 Å². The lowest BCUT2D eigenvalue weighted by molar-refractivity contribution is -0.151. The fourth-order valence-electron chi connectivity index (χ4n) is 2.32. The van der Waals surface area contributed by atoms with Crippen LogP contribution >= 0.6 is 11.6 Å². The lowest BCUT2D eigenvalue weighted by Gasteiger charge is -2.10. The van der Waals surface area contributed by atoms with Crippen molar-refractivity contribution >= 4 is 29.2 Å². The molecule has 1 saturated carbocycles. The highest BCUT2D eigenvalue weighted by molar-refractivity contribution is 6.31. The van der Waals surface area contributed by atoms with Gasteiger partial charge in [0, 0.05) is 5.02 Å². The molecule has 1 aliphatic rings. The Hall–Kier alpha value is -2.06. The first-order valence-corrected chi connectivity index (χ1v) is 7.14. The Morgan fingerprint density at radius 1 is 1.38 bits per heavy atom. The van der Waals surface area contributed by atoms with Gasteiger partial charge in [0.1, 0.15) is 6.07 Å². The van der Waals surface area contributed by atoms with Gasteiger partial charge in [-0.25, -0.2) is 0 Å². The Morgan fingerprint density at radius 3 is 2.76 bits per heavy atom. The smallest absolute Gasteiger partial charge is 0.309 e. The average Bonchev–Trinajstić information content (AvgIpc) is 2.99. The standard InChI is InChI=1S/C15H15ClN2O3/c16-12-6-5-11(8-17)13(7-12)18-14(19)9-21-15(20)10-3-1-2-4-10/h5-7,10H,1-4,9H2,(H,18,19). The maximum absolute atomic E-state index is 11.8. The highest BCUT2D eigenvalue weighted by atomic mass is 35.5. The predicted octanol–water partition coefficient (Wildman–Crippen LogP) is 2.88. The molecular formula is C15H15ClN2O3. The van der Waals surface area contributed by atoms with Crippen LogP contribution in [0.15, 0.2) is 18.2 Å². The molecule has 0 spiro atoms. The number of halogens is 1. The fourth-order valence-corrected chi connectivity index (χ4v) is 2.49. The number of ether oxygens (including phenoxy) is 1. The van der Waals surface area contributed by atoms with E-state index in [-0.39, 0.29) is 18.5 Å². The van der Waals surface area contributed by atoms with E-state index in [2.05, 4.69) is 5.32 Å². The molecule has 110 valence electrons. The second-order valence-corrected chi connectivity index (χ2v) is 5.38. The van der Waals surface area contributed by atoms with Crippen LogP contribution in [0.25, 0.3) is 0 Å². The number of nitriles is 1.